The zero-order valence-corrected chi connectivity index (χ0v) is 12.4. The van der Waals surface area contributed by atoms with E-state index in [1.165, 1.54) is 0 Å². The molecule has 1 aromatic carbocycles. The van der Waals surface area contributed by atoms with Crippen molar-refractivity contribution in [3.63, 3.8) is 0 Å². The van der Waals surface area contributed by atoms with E-state index >= 15 is 0 Å². The monoisotopic (exact) mass is 363 g/mol. The van der Waals surface area contributed by atoms with Gasteiger partial charge < -0.3 is 15.2 Å². The third-order valence-electron chi connectivity index (χ3n) is 3.46. The van der Waals surface area contributed by atoms with Crippen molar-refractivity contribution in [1.29, 1.82) is 0 Å². The average molecular weight is 363 g/mol. The van der Waals surface area contributed by atoms with Crippen molar-refractivity contribution in [3.8, 4) is 0 Å². The van der Waals surface area contributed by atoms with E-state index in [0.717, 1.165) is 19.5 Å². The van der Waals surface area contributed by atoms with E-state index in [1.54, 1.807) is 0 Å². The number of carboxylic acids is 1. The van der Waals surface area contributed by atoms with Crippen LogP contribution in [0.4, 0.5) is 22.0 Å². The molecule has 1 aliphatic heterocycles. The van der Waals surface area contributed by atoms with Crippen LogP contribution in [0.3, 0.4) is 0 Å². The molecular weight excluding hydrogens is 353 g/mol. The first-order valence-electron chi connectivity index (χ1n) is 6.61. The van der Waals surface area contributed by atoms with Crippen LogP contribution in [0, 0.1) is 11.6 Å². The molecule has 1 aromatic rings. The molecule has 1 aliphatic rings. The molecule has 10 heteroatoms. The van der Waals surface area contributed by atoms with E-state index in [0.29, 0.717) is 6.07 Å². The number of carbonyl (C=O) groups is 2. The molecule has 0 spiro atoms. The Morgan fingerprint density at radius 3 is 2.28 bits per heavy atom. The first-order valence-corrected chi connectivity index (χ1v) is 6.61. The Morgan fingerprint density at radius 1 is 1.16 bits per heavy atom. The van der Waals surface area contributed by atoms with Crippen molar-refractivity contribution in [1.82, 2.24) is 5.32 Å². The molecule has 1 atom stereocenters. The molecule has 2 rings (SSSR count). The third kappa shape index (κ3) is 3.47. The summed E-state index contributed by atoms with van der Waals surface area (Å²) in [5.41, 5.74) is -3.38. The first kappa shape index (κ1) is 18.4. The number of carbonyl (C=O) groups excluding carboxylic acids is 1. The summed E-state index contributed by atoms with van der Waals surface area (Å²) in [5, 5.41) is 11.6. The molecule has 0 bridgehead atoms. The van der Waals surface area contributed by atoms with Crippen LogP contribution in [0.2, 0.25) is 0 Å². The molecule has 134 valence electrons. The number of benzene rings is 1. The minimum Gasteiger partial charge on any atom is -0.478 e. The largest absolute Gasteiger partial charge is 0.478 e. The average Bonchev–Trinajstić information content (AvgIpc) is 2.54. The standard InChI is InChI=1S/C15H10F5NO4/c1-25-14(24)8-5-21-4-7(13(22)23)11(8)6-2-9(15(18,19)20)12(17)10(16)3-6/h2-5,11,21H,1H3,(H,22,23). The fourth-order valence-electron chi connectivity index (χ4n) is 2.38. The number of ether oxygens (including phenoxy) is 1. The van der Waals surface area contributed by atoms with Gasteiger partial charge in [0.25, 0.3) is 0 Å². The second-order valence-corrected chi connectivity index (χ2v) is 4.96. The number of dihydropyridines is 1. The quantitative estimate of drug-likeness (QED) is 0.638. The van der Waals surface area contributed by atoms with Crippen molar-refractivity contribution >= 4 is 11.9 Å². The molecule has 0 amide bonds. The summed E-state index contributed by atoms with van der Waals surface area (Å²) in [4.78, 5) is 23.2. The number of hydrogen-bond donors (Lipinski definition) is 2. The van der Waals surface area contributed by atoms with Gasteiger partial charge in [-0.2, -0.15) is 13.2 Å². The Morgan fingerprint density at radius 2 is 1.76 bits per heavy atom. The Balaban J connectivity index is 2.70. The molecule has 1 unspecified atom stereocenters. The van der Waals surface area contributed by atoms with Crippen LogP contribution in [0.5, 0.6) is 0 Å². The number of alkyl halides is 3. The lowest BCUT2D eigenvalue weighted by molar-refractivity contribution is -0.140. The van der Waals surface area contributed by atoms with Crippen molar-refractivity contribution < 1.29 is 41.4 Å². The second kappa shape index (κ2) is 6.54. The van der Waals surface area contributed by atoms with E-state index in [9.17, 15) is 36.6 Å². The molecule has 0 aliphatic carbocycles. The highest BCUT2D eigenvalue weighted by Crippen LogP contribution is 2.39. The highest BCUT2D eigenvalue weighted by Gasteiger charge is 2.39. The molecule has 0 aromatic heterocycles. The Labute approximate surface area is 137 Å². The highest BCUT2D eigenvalue weighted by atomic mass is 19.4. The van der Waals surface area contributed by atoms with Crippen LogP contribution in [0.25, 0.3) is 0 Å². The minimum absolute atomic E-state index is 0.266. The lowest BCUT2D eigenvalue weighted by Crippen LogP contribution is -2.26. The first-order chi connectivity index (χ1) is 11.6. The van der Waals surface area contributed by atoms with Gasteiger partial charge in [0.1, 0.15) is 0 Å². The normalized spacial score (nSPS) is 17.3. The second-order valence-electron chi connectivity index (χ2n) is 4.96. The van der Waals surface area contributed by atoms with Gasteiger partial charge in [0.2, 0.25) is 0 Å². The van der Waals surface area contributed by atoms with Crippen LogP contribution in [0.1, 0.15) is 17.0 Å². The zero-order chi connectivity index (χ0) is 18.9. The zero-order valence-electron chi connectivity index (χ0n) is 12.4. The Bertz CT molecular complexity index is 798. The van der Waals surface area contributed by atoms with Gasteiger partial charge in [-0.1, -0.05) is 0 Å². The SMILES string of the molecule is COC(=O)C1=CNC=C(C(=O)O)C1c1cc(F)c(F)c(C(F)(F)F)c1. The summed E-state index contributed by atoms with van der Waals surface area (Å²) in [6, 6.07) is 0.677. The summed E-state index contributed by atoms with van der Waals surface area (Å²) in [6.07, 6.45) is -3.28. The van der Waals surface area contributed by atoms with Gasteiger partial charge >= 0.3 is 18.1 Å². The number of nitrogens with one attached hydrogen (secondary N) is 1. The number of carboxylic acid groups (broad SMARTS) is 1. The predicted molar refractivity (Wildman–Crippen MR) is 73.1 cm³/mol. The molecule has 1 heterocycles. The van der Waals surface area contributed by atoms with E-state index in [4.69, 9.17) is 0 Å². The number of hydrogen-bond acceptors (Lipinski definition) is 4. The smallest absolute Gasteiger partial charge is 0.419 e. The van der Waals surface area contributed by atoms with E-state index in [2.05, 4.69) is 10.1 Å². The van der Waals surface area contributed by atoms with Crippen LogP contribution in [0.15, 0.2) is 35.7 Å². The summed E-state index contributed by atoms with van der Waals surface area (Å²) in [5.74, 6) is -8.12. The van der Waals surface area contributed by atoms with Crippen LogP contribution in [-0.4, -0.2) is 24.2 Å². The number of aliphatic carboxylic acids is 1. The van der Waals surface area contributed by atoms with E-state index < -0.39 is 52.4 Å². The molecule has 0 saturated heterocycles. The molecule has 0 fully saturated rings. The molecule has 0 saturated carbocycles. The fourth-order valence-corrected chi connectivity index (χ4v) is 2.38. The van der Waals surface area contributed by atoms with Crippen molar-refractivity contribution in [2.75, 3.05) is 7.11 Å². The lowest BCUT2D eigenvalue weighted by atomic mass is 9.83. The topological polar surface area (TPSA) is 75.6 Å². The third-order valence-corrected chi connectivity index (χ3v) is 3.46. The summed E-state index contributed by atoms with van der Waals surface area (Å²) in [7, 11) is 0.978. The predicted octanol–water partition coefficient (Wildman–Crippen LogP) is 2.70. The number of esters is 1. The van der Waals surface area contributed by atoms with Crippen molar-refractivity contribution in [3.05, 3.63) is 58.4 Å². The van der Waals surface area contributed by atoms with Gasteiger partial charge in [0.15, 0.2) is 11.6 Å². The van der Waals surface area contributed by atoms with Gasteiger partial charge in [-0.05, 0) is 17.7 Å². The molecule has 2 N–H and O–H groups in total. The van der Waals surface area contributed by atoms with E-state index in [1.807, 2.05) is 0 Å². The maximum absolute atomic E-state index is 13.7. The molecule has 25 heavy (non-hydrogen) atoms. The highest BCUT2D eigenvalue weighted by molar-refractivity contribution is 5.97. The Kier molecular flexibility index (Phi) is 4.82. The number of methoxy groups -OCH3 is 1. The van der Waals surface area contributed by atoms with Crippen molar-refractivity contribution in [2.24, 2.45) is 0 Å². The summed E-state index contributed by atoms with van der Waals surface area (Å²) in [6.45, 7) is 0. The maximum Gasteiger partial charge on any atom is 0.419 e. The van der Waals surface area contributed by atoms with Gasteiger partial charge in [-0.3, -0.25) is 0 Å². The maximum atomic E-state index is 13.7. The molecular formula is C15H10F5NO4. The Hall–Kier alpha value is -2.91. The van der Waals surface area contributed by atoms with Crippen molar-refractivity contribution in [2.45, 2.75) is 12.1 Å². The summed E-state index contributed by atoms with van der Waals surface area (Å²) >= 11 is 0. The van der Waals surface area contributed by atoms with E-state index in [-0.39, 0.29) is 11.6 Å². The summed E-state index contributed by atoms with van der Waals surface area (Å²) < 4.78 is 70.3. The lowest BCUT2D eigenvalue weighted by Gasteiger charge is -2.24. The van der Waals surface area contributed by atoms with Crippen LogP contribution < -0.4 is 5.32 Å². The van der Waals surface area contributed by atoms with Gasteiger partial charge in [-0.15, -0.1) is 0 Å². The molecule has 0 radical (unpaired) electrons. The van der Waals surface area contributed by atoms with Gasteiger partial charge in [-0.25, -0.2) is 18.4 Å². The fraction of sp³-hybridized carbons (Fsp3) is 0.200. The van der Waals surface area contributed by atoms with Crippen LogP contribution in [-0.2, 0) is 20.5 Å². The van der Waals surface area contributed by atoms with Gasteiger partial charge in [0, 0.05) is 12.4 Å². The minimum atomic E-state index is -5.21. The number of halogens is 5. The van der Waals surface area contributed by atoms with Crippen LogP contribution >= 0.6 is 0 Å². The number of rotatable bonds is 3. The molecule has 5 nitrogen and oxygen atoms in total. The van der Waals surface area contributed by atoms with Gasteiger partial charge in [0.05, 0.1) is 29.7 Å².